The third-order valence-electron chi connectivity index (χ3n) is 2.67. The zero-order chi connectivity index (χ0) is 14.5. The predicted octanol–water partition coefficient (Wildman–Crippen LogP) is 0.873. The summed E-state index contributed by atoms with van der Waals surface area (Å²) in [6, 6.07) is 0. The molecule has 0 saturated carbocycles. The first kappa shape index (κ1) is 13.4. The molecule has 0 bridgehead atoms. The molecule has 3 aromatic rings. The second-order valence-electron chi connectivity index (χ2n) is 4.16. The molecule has 0 unspecified atom stereocenters. The van der Waals surface area contributed by atoms with E-state index in [0.717, 1.165) is 18.7 Å². The van der Waals surface area contributed by atoms with Gasteiger partial charge in [-0.2, -0.15) is 20.1 Å². The minimum absolute atomic E-state index is 0.131. The summed E-state index contributed by atoms with van der Waals surface area (Å²) in [5, 5.41) is 9.84. The molecule has 0 amide bonds. The smallest absolute Gasteiger partial charge is 0.241 e. The first-order valence-corrected chi connectivity index (χ1v) is 6.67. The molecule has 0 aliphatic heterocycles. The maximum Gasteiger partial charge on any atom is 0.241 e. The van der Waals surface area contributed by atoms with Gasteiger partial charge in [-0.3, -0.25) is 9.67 Å². The van der Waals surface area contributed by atoms with Gasteiger partial charge < -0.3 is 5.32 Å². The van der Waals surface area contributed by atoms with Crippen LogP contribution in [0.5, 0.6) is 0 Å². The zero-order valence-electron chi connectivity index (χ0n) is 10.9. The van der Waals surface area contributed by atoms with Gasteiger partial charge in [0.25, 0.3) is 0 Å². The van der Waals surface area contributed by atoms with Crippen LogP contribution in [0, 0.1) is 0 Å². The average molecular weight is 306 g/mol. The highest BCUT2D eigenvalue weighted by molar-refractivity contribution is 6.28. The first-order chi connectivity index (χ1) is 10.3. The Morgan fingerprint density at radius 2 is 2.24 bits per heavy atom. The molecular weight excluding hydrogens is 294 g/mol. The van der Waals surface area contributed by atoms with Crippen molar-refractivity contribution in [2.24, 2.45) is 0 Å². The Kier molecular flexibility index (Phi) is 4.01. The van der Waals surface area contributed by atoms with Crippen molar-refractivity contribution >= 4 is 17.5 Å². The number of halogens is 1. The van der Waals surface area contributed by atoms with Crippen LogP contribution in [-0.2, 0) is 6.42 Å². The Labute approximate surface area is 124 Å². The number of H-pyrrole nitrogens is 1. The lowest BCUT2D eigenvalue weighted by atomic mass is 10.3. The second-order valence-corrected chi connectivity index (χ2v) is 4.50. The monoisotopic (exact) mass is 305 g/mol. The highest BCUT2D eigenvalue weighted by atomic mass is 35.5. The molecule has 0 aliphatic rings. The predicted molar refractivity (Wildman–Crippen MR) is 75.2 cm³/mol. The molecule has 0 atom stereocenters. The van der Waals surface area contributed by atoms with Crippen molar-refractivity contribution in [1.82, 2.24) is 39.7 Å². The molecule has 108 valence electrons. The number of anilines is 1. The van der Waals surface area contributed by atoms with Gasteiger partial charge in [0, 0.05) is 25.4 Å². The number of imidazole rings is 1. The van der Waals surface area contributed by atoms with Crippen LogP contribution < -0.4 is 5.32 Å². The van der Waals surface area contributed by atoms with Gasteiger partial charge in [-0.25, -0.2) is 9.97 Å². The number of aryl methyl sites for hydroxylation is 1. The molecule has 3 rings (SSSR count). The van der Waals surface area contributed by atoms with Crippen LogP contribution in [0.15, 0.2) is 25.0 Å². The molecule has 2 N–H and O–H groups in total. The number of nitrogens with zero attached hydrogens (tertiary/aromatic N) is 7. The Hall–Kier alpha value is -2.55. The summed E-state index contributed by atoms with van der Waals surface area (Å²) >= 11 is 5.90. The van der Waals surface area contributed by atoms with Crippen molar-refractivity contribution in [1.29, 1.82) is 0 Å². The fourth-order valence-corrected chi connectivity index (χ4v) is 1.87. The molecule has 0 saturated heterocycles. The summed E-state index contributed by atoms with van der Waals surface area (Å²) < 4.78 is 1.66. The first-order valence-electron chi connectivity index (χ1n) is 6.29. The lowest BCUT2D eigenvalue weighted by Gasteiger charge is -2.06. The van der Waals surface area contributed by atoms with Gasteiger partial charge in [0.05, 0.1) is 0 Å². The number of hydrogen-bond acceptors (Lipinski definition) is 7. The van der Waals surface area contributed by atoms with Crippen LogP contribution in [0.3, 0.4) is 0 Å². The molecule has 9 nitrogen and oxygen atoms in total. The van der Waals surface area contributed by atoms with Crippen LogP contribution >= 0.6 is 11.6 Å². The van der Waals surface area contributed by atoms with Crippen molar-refractivity contribution in [3.05, 3.63) is 36.2 Å². The summed E-state index contributed by atoms with van der Waals surface area (Å²) in [5.41, 5.74) is 0. The van der Waals surface area contributed by atoms with Crippen LogP contribution in [0.1, 0.15) is 12.2 Å². The minimum Gasteiger partial charge on any atom is -0.354 e. The van der Waals surface area contributed by atoms with E-state index in [1.807, 2.05) is 0 Å². The molecule has 10 heteroatoms. The molecule has 0 fully saturated rings. The average Bonchev–Trinajstić information content (AvgIpc) is 3.16. The molecule has 0 aliphatic carbocycles. The van der Waals surface area contributed by atoms with Crippen molar-refractivity contribution < 1.29 is 0 Å². The van der Waals surface area contributed by atoms with E-state index in [9.17, 15) is 0 Å². The van der Waals surface area contributed by atoms with Crippen molar-refractivity contribution in [3.8, 4) is 5.95 Å². The summed E-state index contributed by atoms with van der Waals surface area (Å²) in [7, 11) is 0. The Morgan fingerprint density at radius 3 is 3.00 bits per heavy atom. The van der Waals surface area contributed by atoms with Gasteiger partial charge in [0.1, 0.15) is 18.5 Å². The Bertz CT molecular complexity index is 680. The molecule has 3 aromatic heterocycles. The van der Waals surface area contributed by atoms with Crippen LogP contribution in [0.4, 0.5) is 5.95 Å². The van der Waals surface area contributed by atoms with Gasteiger partial charge in [-0.1, -0.05) is 0 Å². The summed E-state index contributed by atoms with van der Waals surface area (Å²) in [6.45, 7) is 0.685. The van der Waals surface area contributed by atoms with Gasteiger partial charge in [0.15, 0.2) is 0 Å². The standard InChI is InChI=1S/C11H12ClN9/c12-9-17-10(14-3-1-2-8-15-6-16-20-8)19-11(18-9)21-5-4-13-7-21/h4-7H,1-3H2,(H,15,16,20)(H,14,17,18,19). The number of rotatable bonds is 6. The summed E-state index contributed by atoms with van der Waals surface area (Å²) in [4.78, 5) is 20.4. The Balaban J connectivity index is 1.60. The van der Waals surface area contributed by atoms with Gasteiger partial charge in [0.2, 0.25) is 17.2 Å². The molecule has 0 aromatic carbocycles. The normalized spacial score (nSPS) is 10.7. The number of hydrogen-bond donors (Lipinski definition) is 2. The fourth-order valence-electron chi connectivity index (χ4n) is 1.72. The summed E-state index contributed by atoms with van der Waals surface area (Å²) in [5.74, 6) is 1.70. The van der Waals surface area contributed by atoms with Crippen molar-refractivity contribution in [3.63, 3.8) is 0 Å². The third kappa shape index (κ3) is 3.51. The maximum absolute atomic E-state index is 5.90. The minimum atomic E-state index is 0.131. The molecular formula is C11H12ClN9. The number of nitrogens with one attached hydrogen (secondary N) is 2. The second kappa shape index (κ2) is 6.27. The fraction of sp³-hybridized carbons (Fsp3) is 0.273. The van der Waals surface area contributed by atoms with E-state index in [4.69, 9.17) is 11.6 Å². The van der Waals surface area contributed by atoms with Crippen LogP contribution in [0.25, 0.3) is 5.95 Å². The number of aromatic nitrogens is 8. The van der Waals surface area contributed by atoms with E-state index in [0.29, 0.717) is 18.4 Å². The van der Waals surface area contributed by atoms with Gasteiger partial charge in [-0.05, 0) is 18.0 Å². The Morgan fingerprint density at radius 1 is 1.29 bits per heavy atom. The molecule has 3 heterocycles. The maximum atomic E-state index is 5.90. The molecule has 21 heavy (non-hydrogen) atoms. The highest BCUT2D eigenvalue weighted by Gasteiger charge is 2.06. The number of aromatic amines is 1. The van der Waals surface area contributed by atoms with E-state index in [2.05, 4.69) is 40.4 Å². The third-order valence-corrected chi connectivity index (χ3v) is 2.84. The van der Waals surface area contributed by atoms with E-state index >= 15 is 0 Å². The van der Waals surface area contributed by atoms with E-state index in [1.54, 1.807) is 23.3 Å². The topological polar surface area (TPSA) is 110 Å². The molecule has 0 radical (unpaired) electrons. The van der Waals surface area contributed by atoms with Crippen LogP contribution in [-0.4, -0.2) is 46.2 Å². The highest BCUT2D eigenvalue weighted by Crippen LogP contribution is 2.09. The summed E-state index contributed by atoms with van der Waals surface area (Å²) in [6.07, 6.45) is 8.12. The lowest BCUT2D eigenvalue weighted by Crippen LogP contribution is -2.10. The van der Waals surface area contributed by atoms with Crippen molar-refractivity contribution in [2.75, 3.05) is 11.9 Å². The SMILES string of the molecule is Clc1nc(NCCCc2ncn[nH]2)nc(-n2ccnc2)n1. The van der Waals surface area contributed by atoms with Gasteiger partial charge >= 0.3 is 0 Å². The lowest BCUT2D eigenvalue weighted by molar-refractivity contribution is 0.796. The zero-order valence-corrected chi connectivity index (χ0v) is 11.7. The van der Waals surface area contributed by atoms with E-state index < -0.39 is 0 Å². The largest absolute Gasteiger partial charge is 0.354 e. The van der Waals surface area contributed by atoms with E-state index in [-0.39, 0.29) is 5.28 Å². The van der Waals surface area contributed by atoms with Crippen molar-refractivity contribution in [2.45, 2.75) is 12.8 Å². The quantitative estimate of drug-likeness (QED) is 0.650. The van der Waals surface area contributed by atoms with Crippen LogP contribution in [0.2, 0.25) is 5.28 Å². The molecule has 0 spiro atoms. The van der Waals surface area contributed by atoms with Gasteiger partial charge in [-0.15, -0.1) is 0 Å². The van der Waals surface area contributed by atoms with E-state index in [1.165, 1.54) is 6.33 Å².